The average Bonchev–Trinajstić information content (AvgIpc) is 1.58. The molecule has 0 aliphatic heterocycles. The fourth-order valence-corrected chi connectivity index (χ4v) is 12.7. The maximum absolute atomic E-state index is 13.1. The second kappa shape index (κ2) is 65.0. The predicted octanol–water partition coefficient (Wildman–Crippen LogP) is 21.2. The summed E-state index contributed by atoms with van der Waals surface area (Å²) in [4.78, 5) is 72.6. The Morgan fingerprint density at radius 3 is 0.739 bits per heavy atom. The van der Waals surface area contributed by atoms with Crippen molar-refractivity contribution in [1.82, 2.24) is 0 Å². The summed E-state index contributed by atoms with van der Waals surface area (Å²) < 4.78 is 68.4. The van der Waals surface area contributed by atoms with E-state index < -0.39 is 97.5 Å². The van der Waals surface area contributed by atoms with Gasteiger partial charge in [-0.25, -0.2) is 9.13 Å². The molecule has 0 radical (unpaired) electrons. The number of carbonyl (C=O) groups excluding carboxylic acids is 4. The number of unbranched alkanes of at least 4 members (excludes halogenated alkanes) is 42. The molecule has 5 atom stereocenters. The number of ether oxygens (including phenoxy) is 4. The van der Waals surface area contributed by atoms with E-state index in [2.05, 4.69) is 41.5 Å². The van der Waals surface area contributed by atoms with Crippen LogP contribution < -0.4 is 0 Å². The summed E-state index contributed by atoms with van der Waals surface area (Å²) in [6.45, 7) is 9.59. The van der Waals surface area contributed by atoms with Crippen LogP contribution in [0.1, 0.15) is 375 Å². The first kappa shape index (κ1) is 90.1. The van der Waals surface area contributed by atoms with Crippen LogP contribution in [0.15, 0.2) is 0 Å². The van der Waals surface area contributed by atoms with Crippen molar-refractivity contribution >= 4 is 39.5 Å². The van der Waals surface area contributed by atoms with Crippen LogP contribution in [-0.4, -0.2) is 96.7 Å². The Balaban J connectivity index is 5.22. The molecule has 546 valence electrons. The Labute approximate surface area is 562 Å². The van der Waals surface area contributed by atoms with E-state index in [9.17, 15) is 43.2 Å². The summed E-state index contributed by atoms with van der Waals surface area (Å²) >= 11 is 0. The third-order valence-corrected chi connectivity index (χ3v) is 18.9. The molecule has 0 saturated carbocycles. The molecule has 0 aliphatic rings. The Morgan fingerprint density at radius 2 is 0.500 bits per heavy atom. The smallest absolute Gasteiger partial charge is 0.462 e. The van der Waals surface area contributed by atoms with E-state index in [4.69, 9.17) is 37.0 Å². The number of aliphatic hydroxyl groups is 1. The van der Waals surface area contributed by atoms with Crippen LogP contribution >= 0.6 is 15.6 Å². The SMILES string of the molecule is CCCCCCCCCCCCC(=O)OC[C@H](COP(=O)(O)OC[C@H](O)COP(=O)(O)OC[C@@H](COC(=O)CCCCCCCCCCCCCC(C)C)OC(=O)CCCCCCCCCCCCCCCCCC(C)C)OC(=O)CCCCCCCCCCCC. The molecular formula is C73H142O17P2. The Hall–Kier alpha value is -1.94. The summed E-state index contributed by atoms with van der Waals surface area (Å²) in [5.74, 6) is -0.546. The molecule has 0 aromatic rings. The second-order valence-electron chi connectivity index (χ2n) is 27.3. The van der Waals surface area contributed by atoms with Crippen LogP contribution in [-0.2, 0) is 65.4 Å². The second-order valence-corrected chi connectivity index (χ2v) is 30.2. The van der Waals surface area contributed by atoms with E-state index in [-0.39, 0.29) is 25.7 Å². The lowest BCUT2D eigenvalue weighted by molar-refractivity contribution is -0.161. The lowest BCUT2D eigenvalue weighted by Crippen LogP contribution is -2.30. The number of esters is 4. The number of phosphoric acid groups is 2. The van der Waals surface area contributed by atoms with Crippen molar-refractivity contribution in [3.05, 3.63) is 0 Å². The quantitative estimate of drug-likeness (QED) is 0.0222. The van der Waals surface area contributed by atoms with Crippen molar-refractivity contribution in [3.8, 4) is 0 Å². The van der Waals surface area contributed by atoms with Gasteiger partial charge in [-0.05, 0) is 37.5 Å². The molecule has 0 heterocycles. The molecule has 2 unspecified atom stereocenters. The molecule has 0 aromatic carbocycles. The number of aliphatic hydroxyl groups excluding tert-OH is 1. The third kappa shape index (κ3) is 66.7. The van der Waals surface area contributed by atoms with Gasteiger partial charge in [0.15, 0.2) is 12.2 Å². The minimum Gasteiger partial charge on any atom is -0.462 e. The first-order valence-electron chi connectivity index (χ1n) is 38.0. The number of hydrogen-bond acceptors (Lipinski definition) is 15. The van der Waals surface area contributed by atoms with E-state index in [0.29, 0.717) is 25.7 Å². The first-order chi connectivity index (χ1) is 44.4. The number of phosphoric ester groups is 2. The maximum atomic E-state index is 13.1. The lowest BCUT2D eigenvalue weighted by atomic mass is 10.0. The van der Waals surface area contributed by atoms with Crippen molar-refractivity contribution in [2.24, 2.45) is 11.8 Å². The van der Waals surface area contributed by atoms with E-state index in [0.717, 1.165) is 102 Å². The number of hydrogen-bond donors (Lipinski definition) is 3. The van der Waals surface area contributed by atoms with Crippen LogP contribution in [0.4, 0.5) is 0 Å². The lowest BCUT2D eigenvalue weighted by Gasteiger charge is -2.21. The summed E-state index contributed by atoms with van der Waals surface area (Å²) in [5.41, 5.74) is 0. The van der Waals surface area contributed by atoms with Gasteiger partial charge in [0.25, 0.3) is 0 Å². The highest BCUT2D eigenvalue weighted by Gasteiger charge is 2.30. The molecule has 0 amide bonds. The molecule has 19 heteroatoms. The highest BCUT2D eigenvalue weighted by molar-refractivity contribution is 7.47. The van der Waals surface area contributed by atoms with Gasteiger partial charge in [-0.15, -0.1) is 0 Å². The Kier molecular flexibility index (Phi) is 63.7. The van der Waals surface area contributed by atoms with Crippen LogP contribution in [0.3, 0.4) is 0 Å². The average molecular weight is 1350 g/mol. The molecule has 0 spiro atoms. The van der Waals surface area contributed by atoms with E-state index in [1.807, 2.05) is 0 Å². The van der Waals surface area contributed by atoms with Gasteiger partial charge >= 0.3 is 39.5 Å². The molecule has 17 nitrogen and oxygen atoms in total. The fraction of sp³-hybridized carbons (Fsp3) is 0.945. The highest BCUT2D eigenvalue weighted by Crippen LogP contribution is 2.45. The monoisotopic (exact) mass is 1350 g/mol. The van der Waals surface area contributed by atoms with E-state index >= 15 is 0 Å². The fourth-order valence-electron chi connectivity index (χ4n) is 11.1. The molecule has 3 N–H and O–H groups in total. The van der Waals surface area contributed by atoms with Crippen LogP contribution in [0, 0.1) is 11.8 Å². The molecule has 0 saturated heterocycles. The van der Waals surface area contributed by atoms with Crippen LogP contribution in [0.5, 0.6) is 0 Å². The van der Waals surface area contributed by atoms with E-state index in [1.54, 1.807) is 0 Å². The maximum Gasteiger partial charge on any atom is 0.472 e. The summed E-state index contributed by atoms with van der Waals surface area (Å²) in [6, 6.07) is 0. The Morgan fingerprint density at radius 1 is 0.293 bits per heavy atom. The van der Waals surface area contributed by atoms with Crippen molar-refractivity contribution in [2.45, 2.75) is 394 Å². The van der Waals surface area contributed by atoms with Gasteiger partial charge in [0.2, 0.25) is 0 Å². The number of carbonyl (C=O) groups is 4. The summed E-state index contributed by atoms with van der Waals surface area (Å²) in [6.07, 6.45) is 51.2. The summed E-state index contributed by atoms with van der Waals surface area (Å²) in [5, 5.41) is 10.6. The van der Waals surface area contributed by atoms with Gasteiger partial charge < -0.3 is 33.8 Å². The molecule has 0 aliphatic carbocycles. The van der Waals surface area contributed by atoms with Crippen LogP contribution in [0.25, 0.3) is 0 Å². The topological polar surface area (TPSA) is 237 Å². The molecule has 0 aromatic heterocycles. The predicted molar refractivity (Wildman–Crippen MR) is 372 cm³/mol. The molecule has 0 bridgehead atoms. The van der Waals surface area contributed by atoms with Crippen LogP contribution in [0.2, 0.25) is 0 Å². The largest absolute Gasteiger partial charge is 0.472 e. The standard InChI is InChI=1S/C73H142O17P2/c1-7-9-11-13-15-17-31-37-43-49-55-70(75)83-61-68(89-72(77)57-51-45-39-32-18-16-14-12-10-8-2)63-87-91(79,80)85-59-67(74)60-86-92(81,82)88-64-69(62-84-71(76)56-50-44-38-33-28-24-26-30-36-42-48-54-66(5)6)90-73(78)58-52-46-40-34-27-23-21-19-20-22-25-29-35-41-47-53-65(3)4/h65-69,74H,7-64H2,1-6H3,(H,79,80)(H,81,82)/t67-,68+,69+/m0/s1. The zero-order valence-electron chi connectivity index (χ0n) is 59.9. The molecule has 0 rings (SSSR count). The van der Waals surface area contributed by atoms with Crippen molar-refractivity contribution in [2.75, 3.05) is 39.6 Å². The number of rotatable bonds is 72. The Bertz CT molecular complexity index is 1790. The molecule has 92 heavy (non-hydrogen) atoms. The van der Waals surface area contributed by atoms with Gasteiger partial charge in [0, 0.05) is 25.7 Å². The van der Waals surface area contributed by atoms with Crippen molar-refractivity contribution in [1.29, 1.82) is 0 Å². The van der Waals surface area contributed by atoms with Gasteiger partial charge in [-0.2, -0.15) is 0 Å². The van der Waals surface area contributed by atoms with Gasteiger partial charge in [-0.3, -0.25) is 37.3 Å². The minimum absolute atomic E-state index is 0.107. The van der Waals surface area contributed by atoms with Crippen molar-refractivity contribution < 1.29 is 80.2 Å². The van der Waals surface area contributed by atoms with Crippen molar-refractivity contribution in [3.63, 3.8) is 0 Å². The zero-order chi connectivity index (χ0) is 67.9. The molecular weight excluding hydrogens is 1210 g/mol. The highest BCUT2D eigenvalue weighted by atomic mass is 31.2. The zero-order valence-corrected chi connectivity index (χ0v) is 61.6. The first-order valence-corrected chi connectivity index (χ1v) is 41.0. The van der Waals surface area contributed by atoms with Gasteiger partial charge in [0.05, 0.1) is 26.4 Å². The van der Waals surface area contributed by atoms with Gasteiger partial charge in [0.1, 0.15) is 19.3 Å². The van der Waals surface area contributed by atoms with E-state index in [1.165, 1.54) is 193 Å². The minimum atomic E-state index is -4.95. The van der Waals surface area contributed by atoms with Gasteiger partial charge in [-0.1, -0.05) is 324 Å². The molecule has 0 fully saturated rings. The third-order valence-electron chi connectivity index (χ3n) is 17.0. The summed E-state index contributed by atoms with van der Waals surface area (Å²) in [7, 11) is -9.90. The normalized spacial score (nSPS) is 14.1.